The molecule has 0 radical (unpaired) electrons. The molecule has 0 aromatic heterocycles. The lowest BCUT2D eigenvalue weighted by Crippen LogP contribution is -2.46. The zero-order valence-corrected chi connectivity index (χ0v) is 8.73. The summed E-state index contributed by atoms with van der Waals surface area (Å²) >= 11 is 0. The van der Waals surface area contributed by atoms with Gasteiger partial charge in [0, 0.05) is 18.8 Å². The molecular formula is C11H12N4O. The molecule has 5 nitrogen and oxygen atoms in total. The number of nitrogens with one attached hydrogen (secondary N) is 1. The van der Waals surface area contributed by atoms with Crippen LogP contribution in [0.5, 0.6) is 0 Å². The van der Waals surface area contributed by atoms with Gasteiger partial charge < -0.3 is 11.1 Å². The molecule has 0 spiro atoms. The normalized spacial score (nSPS) is 15.4. The van der Waals surface area contributed by atoms with E-state index in [4.69, 9.17) is 11.0 Å². The largest absolute Gasteiger partial charge is 0.399 e. The van der Waals surface area contributed by atoms with Gasteiger partial charge in [-0.25, -0.2) is 4.79 Å². The third kappa shape index (κ3) is 1.77. The van der Waals surface area contributed by atoms with Crippen LogP contribution in [0.1, 0.15) is 12.0 Å². The molecule has 5 heteroatoms. The molecule has 0 saturated carbocycles. The average Bonchev–Trinajstić information content (AvgIpc) is 2.30. The van der Waals surface area contributed by atoms with Gasteiger partial charge in [-0.15, -0.1) is 0 Å². The summed E-state index contributed by atoms with van der Waals surface area (Å²) in [7, 11) is 0. The number of rotatable bonds is 1. The SMILES string of the molecule is N#Cc1cc(N)ccc1N1CCCNC1=O. The zero-order valence-electron chi connectivity index (χ0n) is 8.73. The van der Waals surface area contributed by atoms with E-state index in [-0.39, 0.29) is 6.03 Å². The van der Waals surface area contributed by atoms with Gasteiger partial charge in [-0.05, 0) is 24.6 Å². The molecule has 82 valence electrons. The molecule has 1 aromatic carbocycles. The number of carbonyl (C=O) groups excluding carboxylic acids is 1. The fourth-order valence-corrected chi connectivity index (χ4v) is 1.74. The van der Waals surface area contributed by atoms with Gasteiger partial charge >= 0.3 is 6.03 Å². The number of hydrogen-bond acceptors (Lipinski definition) is 3. The van der Waals surface area contributed by atoms with E-state index >= 15 is 0 Å². The third-order valence-corrected chi connectivity index (χ3v) is 2.51. The van der Waals surface area contributed by atoms with Crippen molar-refractivity contribution >= 4 is 17.4 Å². The zero-order chi connectivity index (χ0) is 11.5. The Kier molecular flexibility index (Phi) is 2.64. The number of amides is 2. The molecule has 1 aliphatic heterocycles. The van der Waals surface area contributed by atoms with E-state index in [0.29, 0.717) is 30.0 Å². The monoisotopic (exact) mass is 216 g/mol. The Morgan fingerprint density at radius 1 is 1.50 bits per heavy atom. The minimum atomic E-state index is -0.160. The molecule has 16 heavy (non-hydrogen) atoms. The molecule has 3 N–H and O–H groups in total. The third-order valence-electron chi connectivity index (χ3n) is 2.51. The molecule has 1 fully saturated rings. The highest BCUT2D eigenvalue weighted by atomic mass is 16.2. The minimum Gasteiger partial charge on any atom is -0.399 e. The second-order valence-corrected chi connectivity index (χ2v) is 3.63. The minimum absolute atomic E-state index is 0.160. The number of benzene rings is 1. The van der Waals surface area contributed by atoms with Crippen LogP contribution in [-0.4, -0.2) is 19.1 Å². The summed E-state index contributed by atoms with van der Waals surface area (Å²) in [5, 5.41) is 11.7. The Morgan fingerprint density at radius 2 is 2.31 bits per heavy atom. The highest BCUT2D eigenvalue weighted by Gasteiger charge is 2.21. The second kappa shape index (κ2) is 4.11. The van der Waals surface area contributed by atoms with Gasteiger partial charge in [-0.3, -0.25) is 4.90 Å². The van der Waals surface area contributed by atoms with Crippen LogP contribution in [0.25, 0.3) is 0 Å². The molecule has 1 heterocycles. The van der Waals surface area contributed by atoms with Crippen molar-refractivity contribution in [1.82, 2.24) is 5.32 Å². The summed E-state index contributed by atoms with van der Waals surface area (Å²) in [5.41, 5.74) is 7.17. The van der Waals surface area contributed by atoms with Gasteiger partial charge in [0.05, 0.1) is 11.3 Å². The van der Waals surface area contributed by atoms with Gasteiger partial charge in [0.25, 0.3) is 0 Å². The van der Waals surface area contributed by atoms with Crippen LogP contribution < -0.4 is 16.0 Å². The van der Waals surface area contributed by atoms with Crippen LogP contribution >= 0.6 is 0 Å². The van der Waals surface area contributed by atoms with Crippen molar-refractivity contribution in [2.24, 2.45) is 0 Å². The van der Waals surface area contributed by atoms with Gasteiger partial charge in [-0.2, -0.15) is 5.26 Å². The first-order valence-corrected chi connectivity index (χ1v) is 5.07. The maximum Gasteiger partial charge on any atom is 0.321 e. The van der Waals surface area contributed by atoms with Gasteiger partial charge in [-0.1, -0.05) is 0 Å². The van der Waals surface area contributed by atoms with Crippen LogP contribution in [0, 0.1) is 11.3 Å². The topological polar surface area (TPSA) is 82.2 Å². The van der Waals surface area contributed by atoms with Crippen LogP contribution in [0.15, 0.2) is 18.2 Å². The maximum absolute atomic E-state index is 11.6. The Morgan fingerprint density at radius 3 is 3.00 bits per heavy atom. The first-order chi connectivity index (χ1) is 7.72. The van der Waals surface area contributed by atoms with Gasteiger partial charge in [0.1, 0.15) is 6.07 Å². The van der Waals surface area contributed by atoms with Crippen LogP contribution in [-0.2, 0) is 0 Å². The molecule has 0 unspecified atom stereocenters. The molecule has 1 aliphatic rings. The number of carbonyl (C=O) groups is 1. The van der Waals surface area contributed by atoms with Crippen LogP contribution in [0.4, 0.5) is 16.2 Å². The van der Waals surface area contributed by atoms with Crippen LogP contribution in [0.2, 0.25) is 0 Å². The quantitative estimate of drug-likeness (QED) is 0.688. The number of hydrogen-bond donors (Lipinski definition) is 2. The van der Waals surface area contributed by atoms with Gasteiger partial charge in [0.2, 0.25) is 0 Å². The Labute approximate surface area is 93.5 Å². The summed E-state index contributed by atoms with van der Waals surface area (Å²) in [6.45, 7) is 1.32. The van der Waals surface area contributed by atoms with E-state index in [1.807, 2.05) is 0 Å². The smallest absolute Gasteiger partial charge is 0.321 e. The van der Waals surface area contributed by atoms with E-state index in [1.54, 1.807) is 23.1 Å². The maximum atomic E-state index is 11.6. The molecular weight excluding hydrogens is 204 g/mol. The van der Waals surface area contributed by atoms with Crippen molar-refractivity contribution in [2.45, 2.75) is 6.42 Å². The van der Waals surface area contributed by atoms with E-state index in [0.717, 1.165) is 6.42 Å². The number of urea groups is 1. The van der Waals surface area contributed by atoms with Crippen molar-refractivity contribution in [1.29, 1.82) is 5.26 Å². The number of nitrogens with zero attached hydrogens (tertiary/aromatic N) is 2. The van der Waals surface area contributed by atoms with Crippen molar-refractivity contribution in [2.75, 3.05) is 23.7 Å². The van der Waals surface area contributed by atoms with Crippen molar-refractivity contribution < 1.29 is 4.79 Å². The Balaban J connectivity index is 2.39. The highest BCUT2D eigenvalue weighted by molar-refractivity contribution is 5.94. The van der Waals surface area contributed by atoms with Crippen molar-refractivity contribution in [3.8, 4) is 6.07 Å². The lowest BCUT2D eigenvalue weighted by atomic mass is 10.1. The summed E-state index contributed by atoms with van der Waals surface area (Å²) in [5.74, 6) is 0. The summed E-state index contributed by atoms with van der Waals surface area (Å²) in [4.78, 5) is 13.2. The van der Waals surface area contributed by atoms with E-state index in [1.165, 1.54) is 0 Å². The summed E-state index contributed by atoms with van der Waals surface area (Å²) in [6, 6.07) is 6.87. The second-order valence-electron chi connectivity index (χ2n) is 3.63. The highest BCUT2D eigenvalue weighted by Crippen LogP contribution is 2.23. The predicted octanol–water partition coefficient (Wildman–Crippen LogP) is 1.06. The lowest BCUT2D eigenvalue weighted by molar-refractivity contribution is 0.243. The fourth-order valence-electron chi connectivity index (χ4n) is 1.74. The molecule has 0 atom stereocenters. The van der Waals surface area contributed by atoms with E-state index < -0.39 is 0 Å². The number of nitrogens with two attached hydrogens (primary N) is 1. The van der Waals surface area contributed by atoms with E-state index in [2.05, 4.69) is 11.4 Å². The standard InChI is InChI=1S/C11H12N4O/c12-7-8-6-9(13)2-3-10(8)15-5-1-4-14-11(15)16/h2-3,6H,1,4-5,13H2,(H,14,16). The predicted molar refractivity (Wildman–Crippen MR) is 60.9 cm³/mol. The molecule has 1 aromatic rings. The van der Waals surface area contributed by atoms with E-state index in [9.17, 15) is 4.79 Å². The van der Waals surface area contributed by atoms with Crippen LogP contribution in [0.3, 0.4) is 0 Å². The number of anilines is 2. The lowest BCUT2D eigenvalue weighted by Gasteiger charge is -2.28. The Hall–Kier alpha value is -2.22. The van der Waals surface area contributed by atoms with Crippen molar-refractivity contribution in [3.63, 3.8) is 0 Å². The van der Waals surface area contributed by atoms with Crippen molar-refractivity contribution in [3.05, 3.63) is 23.8 Å². The fraction of sp³-hybridized carbons (Fsp3) is 0.273. The first kappa shape index (κ1) is 10.3. The Bertz CT molecular complexity index is 464. The van der Waals surface area contributed by atoms with Gasteiger partial charge in [0.15, 0.2) is 0 Å². The molecule has 2 amide bonds. The first-order valence-electron chi connectivity index (χ1n) is 5.07. The summed E-state index contributed by atoms with van der Waals surface area (Å²) in [6.07, 6.45) is 0.876. The number of nitriles is 1. The number of nitrogen functional groups attached to an aromatic ring is 1. The molecule has 2 rings (SSSR count). The average molecular weight is 216 g/mol. The summed E-state index contributed by atoms with van der Waals surface area (Å²) < 4.78 is 0. The molecule has 0 bridgehead atoms. The molecule has 1 saturated heterocycles. The molecule has 0 aliphatic carbocycles.